The molecule has 1 fully saturated rings. The number of nitrogens with one attached hydrogen (secondary N) is 1. The molecule has 2 atom stereocenters. The molecule has 2 N–H and O–H groups in total. The topological polar surface area (TPSA) is 32.3 Å². The van der Waals surface area contributed by atoms with Gasteiger partial charge in [0.15, 0.2) is 0 Å². The third-order valence-corrected chi connectivity index (χ3v) is 4.43. The molecule has 0 bridgehead atoms. The number of aliphatic hydroxyl groups is 1. The van der Waals surface area contributed by atoms with Gasteiger partial charge >= 0.3 is 0 Å². The minimum Gasteiger partial charge on any atom is -0.395 e. The van der Waals surface area contributed by atoms with Crippen LogP contribution in [0.1, 0.15) is 32.6 Å². The normalized spacial score (nSPS) is 22.5. The zero-order chi connectivity index (χ0) is 10.4. The summed E-state index contributed by atoms with van der Waals surface area (Å²) in [7, 11) is 2.06. The molecule has 84 valence electrons. The largest absolute Gasteiger partial charge is 0.395 e. The zero-order valence-corrected chi connectivity index (χ0v) is 10.1. The van der Waals surface area contributed by atoms with Gasteiger partial charge in [0.25, 0.3) is 0 Å². The molecule has 0 aromatic rings. The maximum atomic E-state index is 8.94. The molecule has 0 aromatic carbocycles. The summed E-state index contributed by atoms with van der Waals surface area (Å²) in [6.45, 7) is 2.39. The summed E-state index contributed by atoms with van der Waals surface area (Å²) in [6.07, 6.45) is 5.59. The van der Waals surface area contributed by atoms with Crippen molar-refractivity contribution >= 4 is 11.8 Å². The Bertz CT molecular complexity index is 148. The Morgan fingerprint density at radius 1 is 1.43 bits per heavy atom. The smallest absolute Gasteiger partial charge is 0.0547 e. The highest BCUT2D eigenvalue weighted by Crippen LogP contribution is 2.29. The number of hydrogen-bond donors (Lipinski definition) is 2. The van der Waals surface area contributed by atoms with Crippen LogP contribution in [0.2, 0.25) is 0 Å². The molecule has 0 amide bonds. The summed E-state index contributed by atoms with van der Waals surface area (Å²) < 4.78 is 0. The molecular weight excluding hydrogens is 194 g/mol. The van der Waals surface area contributed by atoms with Crippen LogP contribution in [-0.2, 0) is 0 Å². The van der Waals surface area contributed by atoms with Crippen molar-refractivity contribution in [3.8, 4) is 0 Å². The maximum Gasteiger partial charge on any atom is 0.0547 e. The van der Waals surface area contributed by atoms with E-state index in [9.17, 15) is 0 Å². The Morgan fingerprint density at radius 3 is 2.57 bits per heavy atom. The third-order valence-electron chi connectivity index (χ3n) is 3.16. The van der Waals surface area contributed by atoms with Crippen molar-refractivity contribution in [1.29, 1.82) is 0 Å². The molecule has 0 aliphatic heterocycles. The fourth-order valence-electron chi connectivity index (χ4n) is 2.14. The fraction of sp³-hybridized carbons (Fsp3) is 1.00. The van der Waals surface area contributed by atoms with Crippen molar-refractivity contribution in [1.82, 2.24) is 5.32 Å². The van der Waals surface area contributed by atoms with Crippen LogP contribution in [0.15, 0.2) is 0 Å². The van der Waals surface area contributed by atoms with E-state index in [0.29, 0.717) is 17.9 Å². The third kappa shape index (κ3) is 3.79. The van der Waals surface area contributed by atoms with Crippen LogP contribution in [0.3, 0.4) is 0 Å². The number of rotatable bonds is 6. The van der Waals surface area contributed by atoms with Gasteiger partial charge in [0.1, 0.15) is 0 Å². The predicted molar refractivity (Wildman–Crippen MR) is 63.8 cm³/mol. The zero-order valence-electron chi connectivity index (χ0n) is 9.33. The van der Waals surface area contributed by atoms with Crippen LogP contribution in [0.25, 0.3) is 0 Å². The quantitative estimate of drug-likeness (QED) is 0.712. The van der Waals surface area contributed by atoms with Gasteiger partial charge in [0.2, 0.25) is 0 Å². The molecular formula is C11H23NOS. The lowest BCUT2D eigenvalue weighted by molar-refractivity contribution is 0.299. The monoisotopic (exact) mass is 217 g/mol. The number of aliphatic hydroxyl groups excluding tert-OH is 1. The first kappa shape index (κ1) is 12.3. The van der Waals surface area contributed by atoms with Crippen molar-refractivity contribution in [2.75, 3.05) is 19.4 Å². The Balaban J connectivity index is 2.23. The van der Waals surface area contributed by atoms with Crippen molar-refractivity contribution in [3.63, 3.8) is 0 Å². The van der Waals surface area contributed by atoms with Gasteiger partial charge in [-0.15, -0.1) is 0 Å². The summed E-state index contributed by atoms with van der Waals surface area (Å²) in [6, 6.07) is 0.650. The van der Waals surface area contributed by atoms with Crippen molar-refractivity contribution < 1.29 is 5.11 Å². The molecule has 0 aromatic heterocycles. The average Bonchev–Trinajstić information content (AvgIpc) is 2.72. The maximum absolute atomic E-state index is 8.94. The fourth-order valence-corrected chi connectivity index (χ4v) is 3.22. The lowest BCUT2D eigenvalue weighted by Gasteiger charge is -2.23. The first-order valence-corrected chi connectivity index (χ1v) is 6.72. The first-order chi connectivity index (χ1) is 6.77. The standard InChI is InChI=1S/C11H23NOS/c1-9(7-13)14-8-11(12-2)10-5-3-4-6-10/h9-13H,3-8H2,1-2H3. The molecule has 1 aliphatic carbocycles. The molecule has 1 rings (SSSR count). The molecule has 0 saturated heterocycles. The second-order valence-electron chi connectivity index (χ2n) is 4.27. The van der Waals surface area contributed by atoms with Crippen LogP contribution in [0, 0.1) is 5.92 Å². The second-order valence-corrected chi connectivity index (χ2v) is 5.74. The first-order valence-electron chi connectivity index (χ1n) is 5.67. The van der Waals surface area contributed by atoms with E-state index in [4.69, 9.17) is 5.11 Å². The van der Waals surface area contributed by atoms with Crippen LogP contribution in [-0.4, -0.2) is 35.8 Å². The van der Waals surface area contributed by atoms with E-state index in [1.54, 1.807) is 0 Å². The van der Waals surface area contributed by atoms with Gasteiger partial charge in [-0.05, 0) is 25.8 Å². The van der Waals surface area contributed by atoms with Crippen LogP contribution >= 0.6 is 11.8 Å². The van der Waals surface area contributed by atoms with Gasteiger partial charge in [-0.2, -0.15) is 11.8 Å². The van der Waals surface area contributed by atoms with E-state index in [2.05, 4.69) is 19.3 Å². The second kappa shape index (κ2) is 6.70. The van der Waals surface area contributed by atoms with Crippen molar-refractivity contribution in [3.05, 3.63) is 0 Å². The van der Waals surface area contributed by atoms with E-state index in [1.807, 2.05) is 11.8 Å². The summed E-state index contributed by atoms with van der Waals surface area (Å²) >= 11 is 1.88. The van der Waals surface area contributed by atoms with E-state index in [0.717, 1.165) is 11.7 Å². The van der Waals surface area contributed by atoms with Gasteiger partial charge in [-0.25, -0.2) is 0 Å². The van der Waals surface area contributed by atoms with E-state index in [1.165, 1.54) is 25.7 Å². The highest BCUT2D eigenvalue weighted by atomic mass is 32.2. The molecule has 1 saturated carbocycles. The lowest BCUT2D eigenvalue weighted by Crippen LogP contribution is -2.35. The van der Waals surface area contributed by atoms with E-state index >= 15 is 0 Å². The number of thioether (sulfide) groups is 1. The van der Waals surface area contributed by atoms with Crippen molar-refractivity contribution in [2.45, 2.75) is 43.9 Å². The summed E-state index contributed by atoms with van der Waals surface area (Å²) in [5.74, 6) is 2.02. The van der Waals surface area contributed by atoms with E-state index < -0.39 is 0 Å². The molecule has 0 heterocycles. The van der Waals surface area contributed by atoms with Gasteiger partial charge in [0.05, 0.1) is 6.61 Å². The van der Waals surface area contributed by atoms with Gasteiger partial charge in [-0.3, -0.25) is 0 Å². The van der Waals surface area contributed by atoms with Gasteiger partial charge in [-0.1, -0.05) is 19.8 Å². The highest BCUT2D eigenvalue weighted by molar-refractivity contribution is 7.99. The SMILES string of the molecule is CNC(CSC(C)CO)C1CCCC1. The van der Waals surface area contributed by atoms with Crippen LogP contribution in [0.4, 0.5) is 0 Å². The molecule has 2 nitrogen and oxygen atoms in total. The lowest BCUT2D eigenvalue weighted by atomic mass is 10.0. The average molecular weight is 217 g/mol. The highest BCUT2D eigenvalue weighted by Gasteiger charge is 2.23. The Hall–Kier alpha value is 0.270. The summed E-state index contributed by atoms with van der Waals surface area (Å²) in [4.78, 5) is 0. The molecule has 0 spiro atoms. The Labute approximate surface area is 91.9 Å². The Morgan fingerprint density at radius 2 is 2.07 bits per heavy atom. The summed E-state index contributed by atoms with van der Waals surface area (Å²) in [5, 5.41) is 12.7. The molecule has 0 radical (unpaired) electrons. The van der Waals surface area contributed by atoms with Gasteiger partial charge < -0.3 is 10.4 Å². The minimum absolute atomic E-state index is 0.297. The number of hydrogen-bond acceptors (Lipinski definition) is 3. The summed E-state index contributed by atoms with van der Waals surface area (Å²) in [5.41, 5.74) is 0. The minimum atomic E-state index is 0.297. The van der Waals surface area contributed by atoms with Crippen molar-refractivity contribution in [2.24, 2.45) is 5.92 Å². The molecule has 14 heavy (non-hydrogen) atoms. The van der Waals surface area contributed by atoms with Crippen LogP contribution < -0.4 is 5.32 Å². The molecule has 3 heteroatoms. The van der Waals surface area contributed by atoms with E-state index in [-0.39, 0.29) is 0 Å². The predicted octanol–water partition coefficient (Wildman–Crippen LogP) is 1.88. The van der Waals surface area contributed by atoms with Gasteiger partial charge in [0, 0.05) is 17.0 Å². The Kier molecular flexibility index (Phi) is 5.90. The van der Waals surface area contributed by atoms with Crippen LogP contribution in [0.5, 0.6) is 0 Å². The molecule has 1 aliphatic rings. The molecule has 2 unspecified atom stereocenters.